The van der Waals surface area contributed by atoms with Crippen LogP contribution in [0.4, 0.5) is 8.78 Å². The fraction of sp³-hybridized carbons (Fsp3) is 0.364. The van der Waals surface area contributed by atoms with Crippen LogP contribution in [-0.4, -0.2) is 17.1 Å². The highest BCUT2D eigenvalue weighted by atomic mass is 35.5. The Bertz CT molecular complexity index is 437. The lowest BCUT2D eigenvalue weighted by Crippen LogP contribution is -2.23. The van der Waals surface area contributed by atoms with Gasteiger partial charge in [-0.3, -0.25) is 9.63 Å². The van der Waals surface area contributed by atoms with Gasteiger partial charge in [0.05, 0.1) is 6.61 Å². The van der Waals surface area contributed by atoms with Crippen LogP contribution in [0, 0.1) is 17.6 Å². The first-order chi connectivity index (χ1) is 8.08. The highest BCUT2D eigenvalue weighted by Crippen LogP contribution is 2.29. The molecule has 6 heteroatoms. The van der Waals surface area contributed by atoms with Crippen LogP contribution in [0.15, 0.2) is 18.2 Å². The van der Waals surface area contributed by atoms with Crippen LogP contribution < -0.4 is 0 Å². The first-order valence-corrected chi connectivity index (χ1v) is 5.50. The lowest BCUT2D eigenvalue weighted by Gasteiger charge is -2.13. The zero-order valence-corrected chi connectivity index (χ0v) is 9.58. The summed E-state index contributed by atoms with van der Waals surface area (Å²) in [6.07, 6.45) is 2.12. The predicted octanol–water partition coefficient (Wildman–Crippen LogP) is 2.90. The molecule has 3 nitrogen and oxygen atoms in total. The van der Waals surface area contributed by atoms with E-state index in [0.29, 0.717) is 17.1 Å². The second-order valence-corrected chi connectivity index (χ2v) is 4.23. The number of hydrogen-bond acceptors (Lipinski definition) is 2. The van der Waals surface area contributed by atoms with E-state index in [1.165, 1.54) is 0 Å². The lowest BCUT2D eigenvalue weighted by molar-refractivity contribution is -0.0632. The van der Waals surface area contributed by atoms with E-state index >= 15 is 0 Å². The van der Waals surface area contributed by atoms with Crippen LogP contribution in [0.2, 0.25) is 0 Å². The van der Waals surface area contributed by atoms with Crippen molar-refractivity contribution in [2.24, 2.45) is 5.92 Å². The molecule has 0 unspecified atom stereocenters. The van der Waals surface area contributed by atoms with Gasteiger partial charge in [0.15, 0.2) is 11.6 Å². The molecule has 0 aliphatic heterocycles. The maximum atomic E-state index is 12.9. The fourth-order valence-electron chi connectivity index (χ4n) is 1.24. The van der Waals surface area contributed by atoms with Crippen LogP contribution >= 0.6 is 11.8 Å². The molecule has 0 aromatic heterocycles. The zero-order chi connectivity index (χ0) is 12.4. The molecule has 1 aromatic rings. The average molecular weight is 262 g/mol. The number of benzene rings is 1. The molecule has 17 heavy (non-hydrogen) atoms. The molecule has 0 saturated heterocycles. The Hall–Kier alpha value is -1.20. The van der Waals surface area contributed by atoms with Crippen LogP contribution in [0.1, 0.15) is 23.2 Å². The maximum absolute atomic E-state index is 12.9. The Morgan fingerprint density at radius 2 is 2.12 bits per heavy atom. The van der Waals surface area contributed by atoms with Crippen molar-refractivity contribution in [2.75, 3.05) is 6.61 Å². The van der Waals surface area contributed by atoms with Crippen molar-refractivity contribution in [1.82, 2.24) is 4.58 Å². The normalized spacial score (nSPS) is 14.8. The predicted molar refractivity (Wildman–Crippen MR) is 57.1 cm³/mol. The summed E-state index contributed by atoms with van der Waals surface area (Å²) in [5.74, 6) is -2.38. The smallest absolute Gasteiger partial charge is 0.265 e. The second kappa shape index (κ2) is 4.98. The molecule has 1 aliphatic rings. The molecule has 1 saturated carbocycles. The van der Waals surface area contributed by atoms with Crippen LogP contribution in [-0.2, 0) is 4.84 Å². The number of rotatable bonds is 4. The summed E-state index contributed by atoms with van der Waals surface area (Å²) >= 11 is 5.58. The maximum Gasteiger partial charge on any atom is 0.292 e. The Labute approximate surface area is 102 Å². The van der Waals surface area contributed by atoms with E-state index < -0.39 is 17.5 Å². The first-order valence-electron chi connectivity index (χ1n) is 5.16. The van der Waals surface area contributed by atoms with Gasteiger partial charge < -0.3 is 0 Å². The SMILES string of the molecule is O=C(c1ccc(F)c(F)c1)N(Cl)OCC1CC1. The molecule has 0 bridgehead atoms. The van der Waals surface area contributed by atoms with E-state index in [1.54, 1.807) is 0 Å². The van der Waals surface area contributed by atoms with Crippen molar-refractivity contribution in [3.05, 3.63) is 35.4 Å². The summed E-state index contributed by atoms with van der Waals surface area (Å²) in [5.41, 5.74) is -0.0605. The molecule has 1 fully saturated rings. The Morgan fingerprint density at radius 3 is 2.71 bits per heavy atom. The van der Waals surface area contributed by atoms with Crippen molar-refractivity contribution in [1.29, 1.82) is 0 Å². The molecule has 1 aromatic carbocycles. The van der Waals surface area contributed by atoms with Crippen molar-refractivity contribution in [2.45, 2.75) is 12.8 Å². The third-order valence-corrected chi connectivity index (χ3v) is 2.70. The van der Waals surface area contributed by atoms with E-state index in [9.17, 15) is 13.6 Å². The molecule has 2 rings (SSSR count). The monoisotopic (exact) mass is 261 g/mol. The van der Waals surface area contributed by atoms with Gasteiger partial charge in [-0.25, -0.2) is 8.78 Å². The molecule has 0 radical (unpaired) electrons. The van der Waals surface area contributed by atoms with Gasteiger partial charge in [-0.05, 0) is 37.0 Å². The number of halogens is 3. The molecule has 1 amide bonds. The molecule has 92 valence electrons. The Morgan fingerprint density at radius 1 is 1.41 bits per heavy atom. The average Bonchev–Trinajstić information content (AvgIpc) is 3.12. The minimum atomic E-state index is -1.09. The van der Waals surface area contributed by atoms with Gasteiger partial charge >= 0.3 is 0 Å². The van der Waals surface area contributed by atoms with Crippen molar-refractivity contribution in [3.8, 4) is 0 Å². The summed E-state index contributed by atoms with van der Waals surface area (Å²) in [4.78, 5) is 16.6. The number of amides is 1. The molecular weight excluding hydrogens is 252 g/mol. The van der Waals surface area contributed by atoms with Crippen molar-refractivity contribution < 1.29 is 18.4 Å². The summed E-state index contributed by atoms with van der Waals surface area (Å²) in [5, 5.41) is 0. The van der Waals surface area contributed by atoms with Gasteiger partial charge in [0.1, 0.15) is 0 Å². The van der Waals surface area contributed by atoms with E-state index in [2.05, 4.69) is 0 Å². The number of carbonyl (C=O) groups excluding carboxylic acids is 1. The molecule has 0 heterocycles. The van der Waals surface area contributed by atoms with Crippen molar-refractivity contribution >= 4 is 17.7 Å². The summed E-state index contributed by atoms with van der Waals surface area (Å²) in [6, 6.07) is 2.80. The number of hydrogen-bond donors (Lipinski definition) is 0. The molecule has 0 atom stereocenters. The second-order valence-electron chi connectivity index (χ2n) is 3.92. The minimum absolute atomic E-state index is 0.0605. The molecule has 0 spiro atoms. The summed E-state index contributed by atoms with van der Waals surface area (Å²) in [6.45, 7) is 0.360. The van der Waals surface area contributed by atoms with Gasteiger partial charge in [0, 0.05) is 17.3 Å². The van der Waals surface area contributed by atoms with Crippen LogP contribution in [0.3, 0.4) is 0 Å². The summed E-state index contributed by atoms with van der Waals surface area (Å²) in [7, 11) is 0. The van der Waals surface area contributed by atoms with Gasteiger partial charge in [-0.15, -0.1) is 4.58 Å². The lowest BCUT2D eigenvalue weighted by atomic mass is 10.2. The Kier molecular flexibility index (Phi) is 3.59. The summed E-state index contributed by atoms with van der Waals surface area (Å²) < 4.78 is 26.1. The number of nitrogens with zero attached hydrogens (tertiary/aromatic N) is 1. The zero-order valence-electron chi connectivity index (χ0n) is 8.83. The van der Waals surface area contributed by atoms with Crippen LogP contribution in [0.5, 0.6) is 0 Å². The van der Waals surface area contributed by atoms with Gasteiger partial charge in [0.25, 0.3) is 5.91 Å². The first kappa shape index (κ1) is 12.3. The molecule has 1 aliphatic carbocycles. The Balaban J connectivity index is 1.98. The third kappa shape index (κ3) is 3.14. The van der Waals surface area contributed by atoms with Crippen LogP contribution in [0.25, 0.3) is 0 Å². The third-order valence-electron chi connectivity index (χ3n) is 2.45. The van der Waals surface area contributed by atoms with E-state index in [1.807, 2.05) is 0 Å². The van der Waals surface area contributed by atoms with Crippen molar-refractivity contribution in [3.63, 3.8) is 0 Å². The highest BCUT2D eigenvalue weighted by molar-refractivity contribution is 6.23. The van der Waals surface area contributed by atoms with E-state index in [0.717, 1.165) is 31.0 Å². The van der Waals surface area contributed by atoms with E-state index in [-0.39, 0.29) is 5.56 Å². The standard InChI is InChI=1S/C11H10ClF2NO2/c12-15(17-6-7-1-2-7)11(16)8-3-4-9(13)10(14)5-8/h3-5,7H,1-2,6H2. The van der Waals surface area contributed by atoms with Gasteiger partial charge in [-0.2, -0.15) is 0 Å². The largest absolute Gasteiger partial charge is 0.292 e. The number of carbonyl (C=O) groups is 1. The molecule has 0 N–H and O–H groups in total. The van der Waals surface area contributed by atoms with E-state index in [4.69, 9.17) is 16.6 Å². The fourth-order valence-corrected chi connectivity index (χ4v) is 1.40. The highest BCUT2D eigenvalue weighted by Gasteiger charge is 2.24. The molecular formula is C11H10ClF2NO2. The topological polar surface area (TPSA) is 29.5 Å². The minimum Gasteiger partial charge on any atom is -0.265 e. The van der Waals surface area contributed by atoms with Gasteiger partial charge in [0.2, 0.25) is 0 Å². The quantitative estimate of drug-likeness (QED) is 0.616. The number of hydroxylamine groups is 1. The van der Waals surface area contributed by atoms with Gasteiger partial charge in [-0.1, -0.05) is 0 Å².